The molecule has 1 aromatic rings. The summed E-state index contributed by atoms with van der Waals surface area (Å²) in [5.41, 5.74) is 5.30. The maximum absolute atomic E-state index is 12.9. The first-order valence-corrected chi connectivity index (χ1v) is 12.6. The lowest BCUT2D eigenvalue weighted by Gasteiger charge is -2.50. The van der Waals surface area contributed by atoms with E-state index in [1.54, 1.807) is 18.2 Å². The molecule has 16 heteroatoms. The van der Waals surface area contributed by atoms with Crippen LogP contribution in [0.15, 0.2) is 28.6 Å². The third-order valence-electron chi connectivity index (χ3n) is 5.20. The maximum atomic E-state index is 12.9. The lowest BCUT2D eigenvalue weighted by Crippen LogP contribution is -2.71. The van der Waals surface area contributed by atoms with Gasteiger partial charge in [-0.05, 0) is 11.6 Å². The fraction of sp³-hybridized carbons (Fsp3) is 0.429. The minimum atomic E-state index is -1.52. The number of aliphatic carboxylic acids is 1. The molecule has 0 bridgehead atoms. The van der Waals surface area contributed by atoms with Crippen molar-refractivity contribution in [1.29, 1.82) is 5.26 Å². The Bertz CT molecular complexity index is 1250. The Kier molecular flexibility index (Phi) is 8.63. The maximum Gasteiger partial charge on any atom is 0.278 e. The number of anilines is 1. The number of ketones is 1. The number of aromatic nitrogens is 2. The Morgan fingerprint density at radius 3 is 2.76 bits per heavy atom. The van der Waals surface area contributed by atoms with Gasteiger partial charge in [-0.25, -0.2) is 0 Å². The van der Waals surface area contributed by atoms with E-state index in [1.165, 1.54) is 18.7 Å². The number of nitrogens with zero attached hydrogens (tertiary/aromatic N) is 6. The fourth-order valence-electron chi connectivity index (χ4n) is 3.76. The predicted molar refractivity (Wildman–Crippen MR) is 131 cm³/mol. The number of nitrogen functional groups attached to an aromatic ring is 1. The van der Waals surface area contributed by atoms with Gasteiger partial charge >= 0.3 is 0 Å². The molecule has 3 N–H and O–H groups in total. The van der Waals surface area contributed by atoms with Crippen LogP contribution in [0.3, 0.4) is 0 Å². The number of Topliss-reactive ketones (excluding diaryl/α,β-unsaturated/α-hetero) is 1. The number of nitrogens with one attached hydrogen (secondary N) is 1. The van der Waals surface area contributed by atoms with Crippen LogP contribution in [-0.4, -0.2) is 99.0 Å². The first kappa shape index (κ1) is 27.8. The largest absolute Gasteiger partial charge is 0.543 e. The molecule has 1 aromatic heterocycles. The molecule has 0 unspecified atom stereocenters. The van der Waals surface area contributed by atoms with Crippen molar-refractivity contribution in [2.75, 3.05) is 45.3 Å². The molecule has 2 amide bonds. The summed E-state index contributed by atoms with van der Waals surface area (Å²) in [6, 6.07) is 0.645. The Morgan fingerprint density at radius 2 is 2.16 bits per heavy atom. The van der Waals surface area contributed by atoms with Gasteiger partial charge in [0.05, 0.1) is 32.3 Å². The van der Waals surface area contributed by atoms with E-state index in [2.05, 4.69) is 19.8 Å². The number of rotatable bonds is 11. The lowest BCUT2D eigenvalue weighted by atomic mass is 10.0. The van der Waals surface area contributed by atoms with Gasteiger partial charge in [0, 0.05) is 24.2 Å². The number of nitriles is 1. The molecular weight excluding hydrogens is 524 g/mol. The number of hydrogen-bond donors (Lipinski definition) is 2. The first-order chi connectivity index (χ1) is 17.4. The highest BCUT2D eigenvalue weighted by molar-refractivity contribution is 8.00. The Labute approximate surface area is 220 Å². The van der Waals surface area contributed by atoms with Gasteiger partial charge in [-0.15, -0.1) is 11.8 Å². The molecule has 2 aliphatic heterocycles. The monoisotopic (exact) mass is 548 g/mol. The van der Waals surface area contributed by atoms with Crippen LogP contribution < -0.4 is 16.2 Å². The molecule has 0 aliphatic carbocycles. The summed E-state index contributed by atoms with van der Waals surface area (Å²) in [7, 11) is 3.74. The second-order valence-corrected chi connectivity index (χ2v) is 10.6. The number of amides is 2. The zero-order chi connectivity index (χ0) is 27.3. The summed E-state index contributed by atoms with van der Waals surface area (Å²) in [4.78, 5) is 58.9. The third kappa shape index (κ3) is 6.50. The third-order valence-corrected chi connectivity index (χ3v) is 7.05. The van der Waals surface area contributed by atoms with E-state index in [1.807, 2.05) is 14.1 Å². The number of thioether (sulfide) groups is 1. The van der Waals surface area contributed by atoms with E-state index in [4.69, 9.17) is 15.8 Å². The zero-order valence-corrected chi connectivity index (χ0v) is 21.8. The number of carbonyl (C=O) groups is 4. The van der Waals surface area contributed by atoms with Crippen molar-refractivity contribution in [3.8, 4) is 6.07 Å². The second-order valence-electron chi connectivity index (χ2n) is 8.73. The Morgan fingerprint density at radius 1 is 1.43 bits per heavy atom. The summed E-state index contributed by atoms with van der Waals surface area (Å²) in [6.45, 7) is 1.84. The quantitative estimate of drug-likeness (QED) is 0.102. The normalized spacial score (nSPS) is 19.8. The number of allylic oxidation sites excluding steroid dienone is 1. The van der Waals surface area contributed by atoms with E-state index >= 15 is 0 Å². The average molecular weight is 549 g/mol. The van der Waals surface area contributed by atoms with Crippen LogP contribution in [-0.2, 0) is 24.0 Å². The number of fused-ring (bicyclic) bond motifs is 1. The highest BCUT2D eigenvalue weighted by Gasteiger charge is 2.53. The van der Waals surface area contributed by atoms with Gasteiger partial charge in [-0.3, -0.25) is 19.3 Å². The van der Waals surface area contributed by atoms with Crippen LogP contribution >= 0.6 is 23.3 Å². The van der Waals surface area contributed by atoms with Gasteiger partial charge < -0.3 is 30.3 Å². The molecule has 0 radical (unpaired) electrons. The van der Waals surface area contributed by atoms with Gasteiger partial charge in [0.15, 0.2) is 10.9 Å². The van der Waals surface area contributed by atoms with Crippen molar-refractivity contribution < 1.29 is 33.6 Å². The highest BCUT2D eigenvalue weighted by atomic mass is 32.2. The summed E-state index contributed by atoms with van der Waals surface area (Å²) in [5, 5.41) is 26.1. The Hall–Kier alpha value is -3.81. The molecule has 2 aliphatic rings. The number of carbonyl (C=O) groups excluding carboxylic acids is 4. The van der Waals surface area contributed by atoms with E-state index in [0.29, 0.717) is 23.1 Å². The minimum Gasteiger partial charge on any atom is -0.543 e. The zero-order valence-electron chi connectivity index (χ0n) is 20.2. The van der Waals surface area contributed by atoms with Crippen molar-refractivity contribution in [2.24, 2.45) is 5.16 Å². The van der Waals surface area contributed by atoms with Crippen LogP contribution in [0.1, 0.15) is 12.7 Å². The van der Waals surface area contributed by atoms with Crippen molar-refractivity contribution in [1.82, 2.24) is 19.6 Å². The molecule has 3 heterocycles. The number of quaternary nitrogens is 1. The molecule has 0 aromatic carbocycles. The molecule has 14 nitrogen and oxygen atoms in total. The molecular formula is C21H24N8O6S2. The highest BCUT2D eigenvalue weighted by Crippen LogP contribution is 2.40. The summed E-state index contributed by atoms with van der Waals surface area (Å²) in [5.74, 6) is -2.89. The van der Waals surface area contributed by atoms with Crippen molar-refractivity contribution in [3.63, 3.8) is 0 Å². The van der Waals surface area contributed by atoms with Crippen molar-refractivity contribution in [2.45, 2.75) is 18.3 Å². The number of β-lactam (4-membered cyclic amide) rings is 1. The smallest absolute Gasteiger partial charge is 0.278 e. The fourth-order valence-corrected chi connectivity index (χ4v) is 5.51. The van der Waals surface area contributed by atoms with Gasteiger partial charge in [-0.1, -0.05) is 11.2 Å². The summed E-state index contributed by atoms with van der Waals surface area (Å²) < 4.78 is 4.29. The Balaban J connectivity index is 1.76. The molecule has 196 valence electrons. The lowest BCUT2D eigenvalue weighted by molar-refractivity contribution is -0.876. The second kappa shape index (κ2) is 11.5. The minimum absolute atomic E-state index is 0.0298. The molecule has 37 heavy (non-hydrogen) atoms. The number of carboxylic acid groups (broad SMARTS) is 1. The van der Waals surface area contributed by atoms with Crippen LogP contribution in [0.2, 0.25) is 0 Å². The van der Waals surface area contributed by atoms with Crippen LogP contribution in [0, 0.1) is 11.3 Å². The average Bonchev–Trinajstić information content (AvgIpc) is 3.24. The van der Waals surface area contributed by atoms with Crippen LogP contribution in [0.5, 0.6) is 0 Å². The van der Waals surface area contributed by atoms with Gasteiger partial charge in [0.1, 0.15) is 24.0 Å². The van der Waals surface area contributed by atoms with Gasteiger partial charge in [0.25, 0.3) is 11.8 Å². The molecule has 0 spiro atoms. The predicted octanol–water partition coefficient (Wildman–Crippen LogP) is -2.01. The van der Waals surface area contributed by atoms with E-state index < -0.39 is 35.8 Å². The molecule has 3 rings (SSSR count). The van der Waals surface area contributed by atoms with E-state index in [0.717, 1.165) is 16.4 Å². The number of likely N-dealkylation sites (N-methyl/N-ethyl adjacent to an activating group) is 1. The molecule has 1 fully saturated rings. The molecule has 1 saturated heterocycles. The van der Waals surface area contributed by atoms with E-state index in [-0.39, 0.29) is 33.9 Å². The standard InChI is InChI=1S/C21H24N8O6S2/c1-11(30)9-29(2,3)7-4-5-12-10-36-19-14(18(32)28(19)15(12)20(33)34)24-17(31)13(26-35-8-6-22)16-25-21(23)37-27-16/h4-5,14,19H,7-10H2,1-3H3,(H3-,23,24,25,27,31,33,34)/b5-4+,26-13-/t14-,19+/m1/s1. The van der Waals surface area contributed by atoms with Gasteiger partial charge in [0.2, 0.25) is 18.1 Å². The number of carboxylic acids is 1. The van der Waals surface area contributed by atoms with Crippen LogP contribution in [0.25, 0.3) is 0 Å². The molecule has 2 atom stereocenters. The summed E-state index contributed by atoms with van der Waals surface area (Å²) in [6.07, 6.45) is 3.37. The SMILES string of the molecule is CC(=O)C[N+](C)(C)C/C=C/C1=C(C(=O)[O-])N2C(=O)[C@@H](NC(=O)/C(=N\OCC#N)c3nsc(N)n3)[C@@H]2SC1. The van der Waals surface area contributed by atoms with Crippen molar-refractivity contribution >= 4 is 57.7 Å². The van der Waals surface area contributed by atoms with E-state index in [9.17, 15) is 24.3 Å². The molecule has 0 saturated carbocycles. The van der Waals surface area contributed by atoms with Gasteiger partial charge in [-0.2, -0.15) is 14.6 Å². The van der Waals surface area contributed by atoms with Crippen LogP contribution in [0.4, 0.5) is 5.13 Å². The van der Waals surface area contributed by atoms with Crippen molar-refractivity contribution in [3.05, 3.63) is 29.2 Å². The number of hydrogen-bond acceptors (Lipinski definition) is 13. The topological polar surface area (TPSA) is 204 Å². The first-order valence-electron chi connectivity index (χ1n) is 10.8. The summed E-state index contributed by atoms with van der Waals surface area (Å²) >= 11 is 2.08. The number of oxime groups is 1. The number of nitrogens with two attached hydrogens (primary N) is 1.